The summed E-state index contributed by atoms with van der Waals surface area (Å²) in [7, 11) is 0. The van der Waals surface area contributed by atoms with Crippen molar-refractivity contribution in [2.24, 2.45) is 0 Å². The molecular formula is C18H14N6O3S2. The molecule has 4 N–H and O–H groups in total. The molecule has 0 saturated heterocycles. The lowest BCUT2D eigenvalue weighted by Crippen LogP contribution is -2.48. The van der Waals surface area contributed by atoms with Crippen LogP contribution >= 0.6 is 23.5 Å². The molecule has 11 heteroatoms. The minimum atomic E-state index is -1.65. The van der Waals surface area contributed by atoms with E-state index in [1.165, 1.54) is 23.5 Å². The van der Waals surface area contributed by atoms with Crippen LogP contribution in [0.1, 0.15) is 16.7 Å². The number of hydrogen-bond donors (Lipinski definition) is 4. The Balaban J connectivity index is 1.98. The Bertz CT molecular complexity index is 1250. The van der Waals surface area contributed by atoms with Crippen molar-refractivity contribution in [3.63, 3.8) is 0 Å². The van der Waals surface area contributed by atoms with Gasteiger partial charge in [0.2, 0.25) is 5.91 Å². The van der Waals surface area contributed by atoms with E-state index in [2.05, 4.69) is 30.6 Å². The standard InChI is InChI=1S/C18H14N6O3S2/c1-28-16-21-11-9(13(25)23-16)18(7-5-3-4-6-8(7)19-15(18)27)10-12(20-11)22-17(29-2)24-14(10)26/h3-6H,1-2H3,(H,19,27)(H3,20,21,22,23,24,25,26). The van der Waals surface area contributed by atoms with E-state index in [1.807, 2.05) is 0 Å². The number of nitrogens with zero attached hydrogens (tertiary/aromatic N) is 2. The molecule has 5 rings (SSSR count). The largest absolute Gasteiger partial charge is 0.324 e. The summed E-state index contributed by atoms with van der Waals surface area (Å²) < 4.78 is 0. The van der Waals surface area contributed by atoms with Crippen molar-refractivity contribution in [3.05, 3.63) is 61.7 Å². The quantitative estimate of drug-likeness (QED) is 0.359. The fraction of sp³-hybridized carbons (Fsp3) is 0.167. The number of fused-ring (bicyclic) bond motifs is 6. The van der Waals surface area contributed by atoms with Crippen LogP contribution in [0.4, 0.5) is 17.3 Å². The number of thioether (sulfide) groups is 2. The Morgan fingerprint density at radius 1 is 0.828 bits per heavy atom. The second-order valence-corrected chi connectivity index (χ2v) is 8.06. The Hall–Kier alpha value is -3.05. The smallest absolute Gasteiger partial charge is 0.258 e. The lowest BCUT2D eigenvalue weighted by atomic mass is 9.69. The van der Waals surface area contributed by atoms with Crippen molar-refractivity contribution in [2.45, 2.75) is 15.7 Å². The SMILES string of the molecule is CSc1nc2c(c(=O)[nH]1)C1(C(=O)Nc3ccccc31)c1c(nc(SC)[nH]c1=O)N2. The van der Waals surface area contributed by atoms with Gasteiger partial charge in [-0.3, -0.25) is 14.4 Å². The van der Waals surface area contributed by atoms with Gasteiger partial charge < -0.3 is 20.6 Å². The second kappa shape index (κ2) is 6.22. The van der Waals surface area contributed by atoms with Gasteiger partial charge >= 0.3 is 0 Å². The first-order chi connectivity index (χ1) is 14.0. The van der Waals surface area contributed by atoms with Gasteiger partial charge in [0.25, 0.3) is 11.1 Å². The van der Waals surface area contributed by atoms with Gasteiger partial charge in [-0.2, -0.15) is 0 Å². The number of aromatic nitrogens is 4. The van der Waals surface area contributed by atoms with E-state index < -0.39 is 22.4 Å². The van der Waals surface area contributed by atoms with Crippen LogP contribution in [0.5, 0.6) is 0 Å². The normalized spacial score (nSPS) is 15.3. The van der Waals surface area contributed by atoms with Crippen LogP contribution in [0.2, 0.25) is 0 Å². The number of anilines is 3. The maximum atomic E-state index is 13.4. The number of benzene rings is 1. The van der Waals surface area contributed by atoms with Crippen LogP contribution in [-0.4, -0.2) is 38.4 Å². The number of amides is 1. The molecule has 9 nitrogen and oxygen atoms in total. The molecule has 0 atom stereocenters. The number of aromatic amines is 2. The molecule has 0 saturated carbocycles. The summed E-state index contributed by atoms with van der Waals surface area (Å²) in [6, 6.07) is 7.01. The third kappa shape index (κ3) is 2.28. The molecule has 2 aromatic heterocycles. The van der Waals surface area contributed by atoms with Crippen LogP contribution in [0.25, 0.3) is 0 Å². The molecular weight excluding hydrogens is 412 g/mol. The highest BCUT2D eigenvalue weighted by atomic mass is 32.2. The lowest BCUT2D eigenvalue weighted by Gasteiger charge is -2.33. The topological polar surface area (TPSA) is 133 Å². The van der Waals surface area contributed by atoms with E-state index in [9.17, 15) is 14.4 Å². The maximum Gasteiger partial charge on any atom is 0.258 e. The van der Waals surface area contributed by atoms with E-state index >= 15 is 0 Å². The van der Waals surface area contributed by atoms with E-state index in [0.717, 1.165) is 0 Å². The summed E-state index contributed by atoms with van der Waals surface area (Å²) in [6.07, 6.45) is 3.56. The average Bonchev–Trinajstić information content (AvgIpc) is 2.99. The van der Waals surface area contributed by atoms with Gasteiger partial charge in [-0.1, -0.05) is 41.7 Å². The molecule has 0 aliphatic carbocycles. The highest BCUT2D eigenvalue weighted by molar-refractivity contribution is 7.98. The van der Waals surface area contributed by atoms with Crippen LogP contribution in [-0.2, 0) is 10.2 Å². The minimum absolute atomic E-state index is 0.0782. The van der Waals surface area contributed by atoms with Crippen LogP contribution < -0.4 is 21.8 Å². The van der Waals surface area contributed by atoms with Crippen molar-refractivity contribution in [2.75, 3.05) is 23.1 Å². The molecule has 0 fully saturated rings. The summed E-state index contributed by atoms with van der Waals surface area (Å²) >= 11 is 2.53. The maximum absolute atomic E-state index is 13.4. The number of nitrogens with one attached hydrogen (secondary N) is 4. The molecule has 0 bridgehead atoms. The Morgan fingerprint density at radius 2 is 1.38 bits per heavy atom. The Kier molecular flexibility index (Phi) is 3.87. The second-order valence-electron chi connectivity index (χ2n) is 6.47. The molecule has 1 aromatic carbocycles. The van der Waals surface area contributed by atoms with Gasteiger partial charge in [0, 0.05) is 11.3 Å². The van der Waals surface area contributed by atoms with E-state index in [1.54, 1.807) is 36.8 Å². The third-order valence-electron chi connectivity index (χ3n) is 5.09. The van der Waals surface area contributed by atoms with Crippen LogP contribution in [0.15, 0.2) is 44.2 Å². The molecule has 0 radical (unpaired) electrons. The van der Waals surface area contributed by atoms with Gasteiger partial charge in [0.15, 0.2) is 10.3 Å². The monoisotopic (exact) mass is 426 g/mol. The zero-order valence-corrected chi connectivity index (χ0v) is 16.9. The first-order valence-electron chi connectivity index (χ1n) is 8.56. The summed E-state index contributed by atoms with van der Waals surface area (Å²) in [5.74, 6) is -0.0682. The average molecular weight is 426 g/mol. The van der Waals surface area contributed by atoms with Gasteiger partial charge in [-0.05, 0) is 18.6 Å². The van der Waals surface area contributed by atoms with Gasteiger partial charge in [-0.25, -0.2) is 9.97 Å². The molecule has 4 heterocycles. The molecule has 146 valence electrons. The van der Waals surface area contributed by atoms with E-state index in [4.69, 9.17) is 0 Å². The van der Waals surface area contributed by atoms with E-state index in [-0.39, 0.29) is 22.8 Å². The first kappa shape index (κ1) is 18.0. The molecule has 1 amide bonds. The summed E-state index contributed by atoms with van der Waals surface area (Å²) in [6.45, 7) is 0. The molecule has 1 spiro atoms. The summed E-state index contributed by atoms with van der Waals surface area (Å²) in [4.78, 5) is 54.0. The zero-order valence-electron chi connectivity index (χ0n) is 15.2. The Morgan fingerprint density at radius 3 is 1.93 bits per heavy atom. The minimum Gasteiger partial charge on any atom is -0.324 e. The van der Waals surface area contributed by atoms with Crippen molar-refractivity contribution in [1.29, 1.82) is 0 Å². The summed E-state index contributed by atoms with van der Waals surface area (Å²) in [5.41, 5.74) is -1.42. The third-order valence-corrected chi connectivity index (χ3v) is 6.25. The zero-order chi connectivity index (χ0) is 20.3. The highest BCUT2D eigenvalue weighted by Crippen LogP contribution is 2.51. The molecule has 2 aliphatic heterocycles. The predicted octanol–water partition coefficient (Wildman–Crippen LogP) is 1.64. The van der Waals surface area contributed by atoms with Gasteiger partial charge in [0.1, 0.15) is 17.1 Å². The number of rotatable bonds is 2. The molecule has 3 aromatic rings. The van der Waals surface area contributed by atoms with Crippen LogP contribution in [0, 0.1) is 0 Å². The number of hydrogen-bond acceptors (Lipinski definition) is 8. The van der Waals surface area contributed by atoms with Crippen LogP contribution in [0.3, 0.4) is 0 Å². The van der Waals surface area contributed by atoms with Gasteiger partial charge in [-0.15, -0.1) is 0 Å². The van der Waals surface area contributed by atoms with Crippen molar-refractivity contribution >= 4 is 46.8 Å². The van der Waals surface area contributed by atoms with Gasteiger partial charge in [0.05, 0.1) is 11.1 Å². The number of H-pyrrole nitrogens is 2. The number of carbonyl (C=O) groups excluding carboxylic acids is 1. The number of para-hydroxylation sites is 1. The fourth-order valence-electron chi connectivity index (χ4n) is 3.97. The lowest BCUT2D eigenvalue weighted by molar-refractivity contribution is -0.118. The molecule has 29 heavy (non-hydrogen) atoms. The molecule has 2 aliphatic rings. The number of carbonyl (C=O) groups is 1. The fourth-order valence-corrected chi connectivity index (χ4v) is 4.72. The Labute approximate surface area is 172 Å². The van der Waals surface area contributed by atoms with E-state index in [0.29, 0.717) is 21.6 Å². The predicted molar refractivity (Wildman–Crippen MR) is 112 cm³/mol. The van der Waals surface area contributed by atoms with Crippen molar-refractivity contribution in [3.8, 4) is 0 Å². The highest BCUT2D eigenvalue weighted by Gasteiger charge is 2.58. The molecule has 0 unspecified atom stereocenters. The first-order valence-corrected chi connectivity index (χ1v) is 11.0. The summed E-state index contributed by atoms with van der Waals surface area (Å²) in [5, 5.41) is 6.60. The van der Waals surface area contributed by atoms with Crippen molar-refractivity contribution in [1.82, 2.24) is 19.9 Å². The van der Waals surface area contributed by atoms with Crippen molar-refractivity contribution < 1.29 is 4.79 Å².